The molecule has 0 N–H and O–H groups in total. The predicted octanol–water partition coefficient (Wildman–Crippen LogP) is 17.9. The zero-order valence-electron chi connectivity index (χ0n) is 42.7. The maximum Gasteiger partial charge on any atom is 0.00391 e. The Morgan fingerprint density at radius 2 is 0.750 bits per heavy atom. The normalized spacial score (nSPS) is 46.7. The molecule has 0 saturated heterocycles. The molecule has 0 spiro atoms. The van der Waals surface area contributed by atoms with Crippen LogP contribution in [-0.4, -0.2) is 32.9 Å². The third-order valence-corrected chi connectivity index (χ3v) is 33.1. The van der Waals surface area contributed by atoms with Crippen molar-refractivity contribution in [2.45, 2.75) is 212 Å². The van der Waals surface area contributed by atoms with Crippen LogP contribution in [0.4, 0.5) is 0 Å². The van der Waals surface area contributed by atoms with Gasteiger partial charge in [0.1, 0.15) is 0 Å². The molecule has 16 fully saturated rings. The van der Waals surface area contributed by atoms with E-state index in [1.807, 2.05) is 5.56 Å². The highest BCUT2D eigenvalue weighted by Crippen LogP contribution is 2.83. The Balaban J connectivity index is 0.931. The smallest absolute Gasteiger partial charge is 0.00391 e. The fraction of sp³-hybridized carbons (Fsp3) is 0.727. The van der Waals surface area contributed by atoms with Crippen molar-refractivity contribution in [3.05, 3.63) is 107 Å². The molecule has 16 aliphatic carbocycles. The molecule has 16 aliphatic rings. The van der Waals surface area contributed by atoms with Gasteiger partial charge >= 0.3 is 0 Å². The van der Waals surface area contributed by atoms with Gasteiger partial charge in [-0.15, -0.1) is 0 Å². The van der Waals surface area contributed by atoms with E-state index in [4.69, 9.17) is 0 Å². The van der Waals surface area contributed by atoms with E-state index in [0.29, 0.717) is 32.5 Å². The van der Waals surface area contributed by atoms with E-state index in [-0.39, 0.29) is 21.3 Å². The van der Waals surface area contributed by atoms with E-state index >= 15 is 0 Å². The number of hydrogen-bond donors (Lipinski definition) is 0. The Morgan fingerprint density at radius 3 is 1.13 bits per heavy atom. The fourth-order valence-electron chi connectivity index (χ4n) is 24.1. The summed E-state index contributed by atoms with van der Waals surface area (Å²) in [6.07, 6.45) is 42.8. The van der Waals surface area contributed by atoms with Crippen LogP contribution in [0.1, 0.15) is 202 Å². The molecule has 0 amide bonds. The van der Waals surface area contributed by atoms with Crippen molar-refractivity contribution in [1.82, 2.24) is 0 Å². The molecule has 3 aromatic carbocycles. The summed E-state index contributed by atoms with van der Waals surface area (Å²) < 4.78 is 0. The summed E-state index contributed by atoms with van der Waals surface area (Å²) >= 11 is 0. The van der Waals surface area contributed by atoms with Crippen molar-refractivity contribution in [2.24, 2.45) is 71.0 Å². The minimum atomic E-state index is -0.195. The SMILES string of the molecule is CC(Cc1ccccc1)c1ccccc1C(C)(CP(C12CC3CC(CC(C3)C1)C2)C12CC3CC(CC(C3)C1)C2)C(CP(C12CC3CC(CC(C3)C1)C2)C12CC3CC(CC(C3)C1)C2)c1ccccc1. The van der Waals surface area contributed by atoms with Crippen LogP contribution in [0.5, 0.6) is 0 Å². The lowest BCUT2D eigenvalue weighted by Gasteiger charge is -2.69. The summed E-state index contributed by atoms with van der Waals surface area (Å²) in [6, 6.07) is 35.0. The Kier molecular flexibility index (Phi) is 10.5. The van der Waals surface area contributed by atoms with Gasteiger partial charge in [-0.1, -0.05) is 115 Å². The largest absolute Gasteiger partial charge is 0.0933 e. The van der Waals surface area contributed by atoms with Crippen LogP contribution in [0.3, 0.4) is 0 Å². The molecule has 362 valence electrons. The Labute approximate surface area is 416 Å². The summed E-state index contributed by atoms with van der Waals surface area (Å²) in [5.74, 6) is 13.6. The summed E-state index contributed by atoms with van der Waals surface area (Å²) in [4.78, 5) is 0. The first-order valence-electron chi connectivity index (χ1n) is 29.8. The van der Waals surface area contributed by atoms with E-state index in [9.17, 15) is 0 Å². The minimum absolute atomic E-state index is 0.104. The van der Waals surface area contributed by atoms with Gasteiger partial charge in [0.2, 0.25) is 0 Å². The molecule has 0 aromatic heterocycles. The van der Waals surface area contributed by atoms with Crippen molar-refractivity contribution in [3.63, 3.8) is 0 Å². The molecule has 2 heteroatoms. The fourth-order valence-corrected chi connectivity index (χ4v) is 35.3. The second-order valence-corrected chi connectivity index (χ2v) is 35.5. The van der Waals surface area contributed by atoms with Gasteiger partial charge in [0.25, 0.3) is 0 Å². The molecule has 19 rings (SSSR count). The van der Waals surface area contributed by atoms with Gasteiger partial charge in [-0.2, -0.15) is 0 Å². The van der Waals surface area contributed by atoms with E-state index in [2.05, 4.69) is 98.8 Å². The highest BCUT2D eigenvalue weighted by molar-refractivity contribution is 7.61. The molecule has 0 nitrogen and oxygen atoms in total. The lowest BCUT2D eigenvalue weighted by Crippen LogP contribution is -2.59. The topological polar surface area (TPSA) is 0 Å². The highest BCUT2D eigenvalue weighted by atomic mass is 31.1. The van der Waals surface area contributed by atoms with E-state index in [1.165, 1.54) is 11.7 Å². The molecule has 0 aliphatic heterocycles. The first-order chi connectivity index (χ1) is 33.1. The lowest BCUT2D eigenvalue weighted by molar-refractivity contribution is 0.0175. The van der Waals surface area contributed by atoms with Crippen molar-refractivity contribution < 1.29 is 0 Å². The zero-order chi connectivity index (χ0) is 45.0. The van der Waals surface area contributed by atoms with Crippen LogP contribution in [-0.2, 0) is 11.8 Å². The van der Waals surface area contributed by atoms with Crippen LogP contribution in [0.15, 0.2) is 84.9 Å². The number of benzene rings is 3. The molecule has 0 radical (unpaired) electrons. The molecule has 3 atom stereocenters. The maximum atomic E-state index is 3.04. The van der Waals surface area contributed by atoms with E-state index < -0.39 is 0 Å². The second-order valence-electron chi connectivity index (χ2n) is 29.3. The van der Waals surface area contributed by atoms with E-state index in [0.717, 1.165) is 77.4 Å². The van der Waals surface area contributed by atoms with Gasteiger partial charge in [0.05, 0.1) is 0 Å². The minimum Gasteiger partial charge on any atom is -0.0933 e. The quantitative estimate of drug-likeness (QED) is 0.141. The van der Waals surface area contributed by atoms with Gasteiger partial charge in [-0.05, 0) is 299 Å². The standard InChI is InChI=1S/C66H88P2/c1-44(17-45-11-5-3-6-12-45)59-15-9-10-16-60(59)62(2,43-68(65-36-52-24-53(37-65)26-54(25-52)38-65)66-39-55-27-56(40-66)29-57(28-55)41-66)61(58-13-7-4-8-14-58)42-67(63-30-46-18-47(31-63)20-48(19-46)32-63)64-33-49-21-50(34-64)23-51(22-49)35-64/h3-16,44,46-57,61H,17-43H2,1-2H3. The van der Waals surface area contributed by atoms with Crippen LogP contribution in [0.2, 0.25) is 0 Å². The predicted molar refractivity (Wildman–Crippen MR) is 289 cm³/mol. The number of hydrogen-bond acceptors (Lipinski definition) is 0. The highest BCUT2D eigenvalue weighted by Gasteiger charge is 2.66. The van der Waals surface area contributed by atoms with E-state index in [1.54, 1.807) is 171 Å². The summed E-state index contributed by atoms with van der Waals surface area (Å²) in [5, 5.41) is 2.56. The molecule has 0 heterocycles. The maximum absolute atomic E-state index is 3.04. The third kappa shape index (κ3) is 7.17. The third-order valence-electron chi connectivity index (χ3n) is 24.6. The molecule has 3 unspecified atom stereocenters. The summed E-state index contributed by atoms with van der Waals surface area (Å²) in [7, 11) is -0.358. The van der Waals surface area contributed by atoms with Crippen LogP contribution in [0.25, 0.3) is 0 Å². The average Bonchev–Trinajstić information content (AvgIpc) is 3.30. The van der Waals surface area contributed by atoms with Crippen LogP contribution >= 0.6 is 15.8 Å². The zero-order valence-corrected chi connectivity index (χ0v) is 44.4. The Bertz CT molecular complexity index is 2110. The second kappa shape index (κ2) is 16.3. The number of rotatable bonds is 14. The van der Waals surface area contributed by atoms with Gasteiger partial charge < -0.3 is 0 Å². The first-order valence-corrected chi connectivity index (χ1v) is 32.9. The van der Waals surface area contributed by atoms with Gasteiger partial charge in [-0.25, -0.2) is 0 Å². The Hall–Kier alpha value is -1.48. The molecule has 16 saturated carbocycles. The van der Waals surface area contributed by atoms with Crippen molar-refractivity contribution in [2.75, 3.05) is 12.3 Å². The molecule has 3 aromatic rings. The van der Waals surface area contributed by atoms with Gasteiger partial charge in [-0.3, -0.25) is 0 Å². The molecular weight excluding hydrogens is 855 g/mol. The van der Waals surface area contributed by atoms with Gasteiger partial charge in [0, 0.05) is 5.41 Å². The molecule has 68 heavy (non-hydrogen) atoms. The average molecular weight is 943 g/mol. The van der Waals surface area contributed by atoms with Crippen LogP contribution in [0, 0.1) is 71.0 Å². The lowest BCUT2D eigenvalue weighted by atomic mass is 9.55. The monoisotopic (exact) mass is 943 g/mol. The van der Waals surface area contributed by atoms with Crippen molar-refractivity contribution in [3.8, 4) is 0 Å². The molecular formula is C66H88P2. The summed E-state index contributed by atoms with van der Waals surface area (Å²) in [5.41, 5.74) is 6.93. The molecule has 16 bridgehead atoms. The van der Waals surface area contributed by atoms with Gasteiger partial charge in [0.15, 0.2) is 0 Å². The van der Waals surface area contributed by atoms with Crippen molar-refractivity contribution in [1.29, 1.82) is 0 Å². The Morgan fingerprint density at radius 1 is 0.426 bits per heavy atom. The summed E-state index contributed by atoms with van der Waals surface area (Å²) in [6.45, 7) is 5.69. The first kappa shape index (κ1) is 44.0. The van der Waals surface area contributed by atoms with Crippen LogP contribution < -0.4 is 0 Å². The van der Waals surface area contributed by atoms with Crippen molar-refractivity contribution >= 4 is 15.8 Å².